The molecule has 1 amide bonds. The molecule has 0 aliphatic heterocycles. The van der Waals surface area contributed by atoms with Gasteiger partial charge in [-0.15, -0.1) is 11.3 Å². The van der Waals surface area contributed by atoms with Gasteiger partial charge in [-0.2, -0.15) is 0 Å². The molecule has 0 N–H and O–H groups in total. The van der Waals surface area contributed by atoms with E-state index in [1.165, 1.54) is 11.3 Å². The van der Waals surface area contributed by atoms with Gasteiger partial charge in [-0.3, -0.25) is 4.79 Å². The Morgan fingerprint density at radius 3 is 2.89 bits per heavy atom. The molecule has 0 bridgehead atoms. The molecule has 0 fully saturated rings. The standard InChI is InChI=1S/C13H13ClN2O2S/c1-16(13(17)10-5-6-11(14)19-10)8-9-4-3-7-15-12(9)18-2/h3-7H,8H2,1-2H3. The van der Waals surface area contributed by atoms with Crippen LogP contribution in [-0.4, -0.2) is 29.9 Å². The van der Waals surface area contributed by atoms with Crippen LogP contribution in [0.3, 0.4) is 0 Å². The third kappa shape index (κ3) is 3.24. The second kappa shape index (κ2) is 6.04. The van der Waals surface area contributed by atoms with Crippen LogP contribution in [0, 0.1) is 0 Å². The number of nitrogens with zero attached hydrogens (tertiary/aromatic N) is 2. The van der Waals surface area contributed by atoms with Crippen molar-refractivity contribution in [2.24, 2.45) is 0 Å². The Kier molecular flexibility index (Phi) is 4.39. The second-order valence-corrected chi connectivity index (χ2v) is 5.65. The summed E-state index contributed by atoms with van der Waals surface area (Å²) in [7, 11) is 3.30. The Labute approximate surface area is 120 Å². The van der Waals surface area contributed by atoms with Crippen LogP contribution >= 0.6 is 22.9 Å². The molecule has 0 aromatic carbocycles. The van der Waals surface area contributed by atoms with E-state index in [2.05, 4.69) is 4.98 Å². The fourth-order valence-corrected chi connectivity index (χ4v) is 2.71. The smallest absolute Gasteiger partial charge is 0.264 e. The molecule has 4 nitrogen and oxygen atoms in total. The number of ether oxygens (including phenoxy) is 1. The molecule has 6 heteroatoms. The maximum atomic E-state index is 12.2. The van der Waals surface area contributed by atoms with Crippen LogP contribution in [0.15, 0.2) is 30.5 Å². The van der Waals surface area contributed by atoms with Crippen LogP contribution in [-0.2, 0) is 6.54 Å². The van der Waals surface area contributed by atoms with E-state index in [9.17, 15) is 4.79 Å². The zero-order valence-electron chi connectivity index (χ0n) is 10.6. The van der Waals surface area contributed by atoms with Crippen LogP contribution in [0.2, 0.25) is 4.34 Å². The van der Waals surface area contributed by atoms with E-state index in [4.69, 9.17) is 16.3 Å². The Morgan fingerprint density at radius 1 is 1.47 bits per heavy atom. The van der Waals surface area contributed by atoms with Gasteiger partial charge >= 0.3 is 0 Å². The van der Waals surface area contributed by atoms with Gasteiger partial charge in [0.25, 0.3) is 5.91 Å². The summed E-state index contributed by atoms with van der Waals surface area (Å²) >= 11 is 7.11. The quantitative estimate of drug-likeness (QED) is 0.871. The minimum atomic E-state index is -0.0668. The van der Waals surface area contributed by atoms with Crippen molar-refractivity contribution >= 4 is 28.8 Å². The van der Waals surface area contributed by atoms with E-state index >= 15 is 0 Å². The van der Waals surface area contributed by atoms with Crippen molar-refractivity contribution < 1.29 is 9.53 Å². The fourth-order valence-electron chi connectivity index (χ4n) is 1.67. The minimum absolute atomic E-state index is 0.0668. The van der Waals surface area contributed by atoms with Crippen molar-refractivity contribution in [2.45, 2.75) is 6.54 Å². The lowest BCUT2D eigenvalue weighted by Gasteiger charge is -2.17. The number of aromatic nitrogens is 1. The van der Waals surface area contributed by atoms with Gasteiger partial charge in [0, 0.05) is 18.8 Å². The summed E-state index contributed by atoms with van der Waals surface area (Å²) in [4.78, 5) is 18.5. The van der Waals surface area contributed by atoms with E-state index in [1.54, 1.807) is 37.4 Å². The molecule has 2 aromatic rings. The van der Waals surface area contributed by atoms with Crippen molar-refractivity contribution in [3.05, 3.63) is 45.2 Å². The monoisotopic (exact) mass is 296 g/mol. The number of thiophene rings is 1. The number of hydrogen-bond acceptors (Lipinski definition) is 4. The lowest BCUT2D eigenvalue weighted by atomic mass is 10.2. The average molecular weight is 297 g/mol. The highest BCUT2D eigenvalue weighted by atomic mass is 35.5. The molecule has 0 saturated heterocycles. The molecule has 2 aromatic heterocycles. The Morgan fingerprint density at radius 2 is 2.26 bits per heavy atom. The number of carbonyl (C=O) groups is 1. The van der Waals surface area contributed by atoms with E-state index in [0.717, 1.165) is 5.56 Å². The van der Waals surface area contributed by atoms with Crippen LogP contribution in [0.5, 0.6) is 5.88 Å². The van der Waals surface area contributed by atoms with E-state index < -0.39 is 0 Å². The Bertz CT molecular complexity index is 586. The summed E-state index contributed by atoms with van der Waals surface area (Å²) in [5.41, 5.74) is 0.864. The summed E-state index contributed by atoms with van der Waals surface area (Å²) in [6.45, 7) is 0.436. The molecule has 0 radical (unpaired) electrons. The van der Waals surface area contributed by atoms with Crippen LogP contribution in [0.4, 0.5) is 0 Å². The number of pyridine rings is 1. The Balaban J connectivity index is 2.12. The molecule has 0 saturated carbocycles. The molecule has 19 heavy (non-hydrogen) atoms. The fraction of sp³-hybridized carbons (Fsp3) is 0.231. The molecule has 0 unspecified atom stereocenters. The number of halogens is 1. The van der Waals surface area contributed by atoms with Crippen molar-refractivity contribution in [2.75, 3.05) is 14.2 Å². The average Bonchev–Trinajstić information content (AvgIpc) is 2.85. The van der Waals surface area contributed by atoms with E-state index in [1.807, 2.05) is 12.1 Å². The SMILES string of the molecule is COc1ncccc1CN(C)C(=O)c1ccc(Cl)s1. The van der Waals surface area contributed by atoms with Gasteiger partial charge in [0.15, 0.2) is 0 Å². The summed E-state index contributed by atoms with van der Waals surface area (Å²) < 4.78 is 5.78. The lowest BCUT2D eigenvalue weighted by molar-refractivity contribution is 0.0789. The largest absolute Gasteiger partial charge is 0.481 e. The van der Waals surface area contributed by atoms with Crippen LogP contribution in [0.1, 0.15) is 15.2 Å². The molecule has 0 aliphatic rings. The molecule has 0 aliphatic carbocycles. The molecular formula is C13H13ClN2O2S. The van der Waals surface area contributed by atoms with Crippen molar-refractivity contribution in [3.63, 3.8) is 0 Å². The van der Waals surface area contributed by atoms with Crippen molar-refractivity contribution in [1.82, 2.24) is 9.88 Å². The maximum absolute atomic E-state index is 12.2. The highest BCUT2D eigenvalue weighted by molar-refractivity contribution is 7.17. The van der Waals surface area contributed by atoms with Crippen molar-refractivity contribution in [1.29, 1.82) is 0 Å². The Hall–Kier alpha value is -1.59. The first kappa shape index (κ1) is 13.8. The van der Waals surface area contributed by atoms with Gasteiger partial charge < -0.3 is 9.64 Å². The predicted molar refractivity (Wildman–Crippen MR) is 75.9 cm³/mol. The molecule has 0 spiro atoms. The number of carbonyl (C=O) groups excluding carboxylic acids is 1. The van der Waals surface area contributed by atoms with Crippen LogP contribution in [0.25, 0.3) is 0 Å². The zero-order valence-corrected chi connectivity index (χ0v) is 12.2. The summed E-state index contributed by atoms with van der Waals surface area (Å²) in [6.07, 6.45) is 1.66. The lowest BCUT2D eigenvalue weighted by Crippen LogP contribution is -2.25. The number of methoxy groups -OCH3 is 1. The normalized spacial score (nSPS) is 10.3. The highest BCUT2D eigenvalue weighted by Crippen LogP contribution is 2.23. The van der Waals surface area contributed by atoms with Gasteiger partial charge in [-0.1, -0.05) is 17.7 Å². The molecular weight excluding hydrogens is 284 g/mol. The minimum Gasteiger partial charge on any atom is -0.481 e. The van der Waals surface area contributed by atoms with Gasteiger partial charge in [-0.05, 0) is 18.2 Å². The van der Waals surface area contributed by atoms with Gasteiger partial charge in [0.1, 0.15) is 0 Å². The summed E-state index contributed by atoms with van der Waals surface area (Å²) in [5, 5.41) is 0. The molecule has 100 valence electrons. The van der Waals surface area contributed by atoms with Crippen LogP contribution < -0.4 is 4.74 Å². The van der Waals surface area contributed by atoms with Gasteiger partial charge in [0.05, 0.1) is 22.9 Å². The molecule has 2 heterocycles. The first-order chi connectivity index (χ1) is 9.11. The third-order valence-electron chi connectivity index (χ3n) is 2.58. The summed E-state index contributed by atoms with van der Waals surface area (Å²) in [6, 6.07) is 7.15. The number of amides is 1. The third-order valence-corrected chi connectivity index (χ3v) is 3.80. The molecule has 2 rings (SSSR count). The highest BCUT2D eigenvalue weighted by Gasteiger charge is 2.16. The first-order valence-corrected chi connectivity index (χ1v) is 6.80. The van der Waals surface area contributed by atoms with Gasteiger partial charge in [0.2, 0.25) is 5.88 Å². The molecule has 0 atom stereocenters. The van der Waals surface area contributed by atoms with E-state index in [0.29, 0.717) is 21.6 Å². The van der Waals surface area contributed by atoms with Crippen molar-refractivity contribution in [3.8, 4) is 5.88 Å². The predicted octanol–water partition coefficient (Wildman–Crippen LogP) is 3.08. The number of rotatable bonds is 4. The topological polar surface area (TPSA) is 42.4 Å². The number of hydrogen-bond donors (Lipinski definition) is 0. The first-order valence-electron chi connectivity index (χ1n) is 5.60. The summed E-state index contributed by atoms with van der Waals surface area (Å²) in [5.74, 6) is 0.467. The zero-order chi connectivity index (χ0) is 13.8. The van der Waals surface area contributed by atoms with E-state index in [-0.39, 0.29) is 5.91 Å². The van der Waals surface area contributed by atoms with Gasteiger partial charge in [-0.25, -0.2) is 4.98 Å². The second-order valence-electron chi connectivity index (χ2n) is 3.94. The maximum Gasteiger partial charge on any atom is 0.264 e.